The van der Waals surface area contributed by atoms with E-state index in [1.807, 2.05) is 13.8 Å². The van der Waals surface area contributed by atoms with Crippen LogP contribution in [0.15, 0.2) is 0 Å². The van der Waals surface area contributed by atoms with Crippen molar-refractivity contribution in [3.63, 3.8) is 0 Å². The van der Waals surface area contributed by atoms with Crippen LogP contribution in [0.4, 0.5) is 0 Å². The summed E-state index contributed by atoms with van der Waals surface area (Å²) in [5, 5.41) is 13.0. The van der Waals surface area contributed by atoms with Crippen LogP contribution in [-0.2, 0) is 4.74 Å². The zero-order valence-electron chi connectivity index (χ0n) is 12.2. The highest BCUT2D eigenvalue weighted by Crippen LogP contribution is 2.08. The second kappa shape index (κ2) is 9.86. The van der Waals surface area contributed by atoms with Crippen molar-refractivity contribution in [1.82, 2.24) is 5.32 Å². The molecule has 3 heteroatoms. The molecule has 0 aliphatic heterocycles. The molecule has 0 spiro atoms. The van der Waals surface area contributed by atoms with Crippen LogP contribution in [0.2, 0.25) is 0 Å². The third-order valence-corrected chi connectivity index (χ3v) is 2.74. The molecule has 0 bridgehead atoms. The molecule has 2 unspecified atom stereocenters. The van der Waals surface area contributed by atoms with Crippen LogP contribution in [0, 0.1) is 5.92 Å². The molecule has 0 saturated carbocycles. The minimum Gasteiger partial charge on any atom is -0.389 e. The molecule has 17 heavy (non-hydrogen) atoms. The lowest BCUT2D eigenvalue weighted by Gasteiger charge is -2.18. The highest BCUT2D eigenvalue weighted by Gasteiger charge is 2.08. The van der Waals surface area contributed by atoms with E-state index in [1.54, 1.807) is 0 Å². The number of rotatable bonds is 10. The number of nitrogens with one attached hydrogen (secondary N) is 1. The van der Waals surface area contributed by atoms with E-state index in [1.165, 1.54) is 19.3 Å². The van der Waals surface area contributed by atoms with Gasteiger partial charge < -0.3 is 15.2 Å². The second-order valence-corrected chi connectivity index (χ2v) is 5.67. The summed E-state index contributed by atoms with van der Waals surface area (Å²) >= 11 is 0. The number of aliphatic hydroxyl groups is 1. The third kappa shape index (κ3) is 12.1. The van der Waals surface area contributed by atoms with E-state index in [4.69, 9.17) is 4.74 Å². The molecule has 0 rings (SSSR count). The molecule has 0 radical (unpaired) electrons. The van der Waals surface area contributed by atoms with Crippen molar-refractivity contribution >= 4 is 0 Å². The summed E-state index contributed by atoms with van der Waals surface area (Å²) in [6.07, 6.45) is 3.50. The Morgan fingerprint density at radius 3 is 2.24 bits per heavy atom. The summed E-state index contributed by atoms with van der Waals surface area (Å²) in [6.45, 7) is 11.7. The van der Waals surface area contributed by atoms with Gasteiger partial charge in [-0.25, -0.2) is 0 Å². The van der Waals surface area contributed by atoms with Gasteiger partial charge in [0.05, 0.1) is 18.8 Å². The minimum atomic E-state index is -0.398. The van der Waals surface area contributed by atoms with Gasteiger partial charge in [0.2, 0.25) is 0 Å². The lowest BCUT2D eigenvalue weighted by molar-refractivity contribution is 0.00552. The van der Waals surface area contributed by atoms with Gasteiger partial charge in [0.1, 0.15) is 0 Å². The molecule has 0 aliphatic carbocycles. The largest absolute Gasteiger partial charge is 0.389 e. The van der Waals surface area contributed by atoms with Gasteiger partial charge in [-0.1, -0.05) is 26.7 Å². The topological polar surface area (TPSA) is 41.5 Å². The van der Waals surface area contributed by atoms with E-state index < -0.39 is 6.10 Å². The maximum absolute atomic E-state index is 9.67. The SMILES string of the molecule is CC(C)CCCC(C)NCC(O)COC(C)C. The molecule has 0 aromatic carbocycles. The van der Waals surface area contributed by atoms with E-state index in [9.17, 15) is 5.11 Å². The number of hydrogen-bond donors (Lipinski definition) is 2. The molecule has 0 fully saturated rings. The molecule has 0 amide bonds. The van der Waals surface area contributed by atoms with Crippen molar-refractivity contribution in [1.29, 1.82) is 0 Å². The van der Waals surface area contributed by atoms with Crippen LogP contribution in [0.25, 0.3) is 0 Å². The van der Waals surface area contributed by atoms with Crippen molar-refractivity contribution in [3.8, 4) is 0 Å². The van der Waals surface area contributed by atoms with Crippen LogP contribution in [0.5, 0.6) is 0 Å². The summed E-state index contributed by atoms with van der Waals surface area (Å²) in [7, 11) is 0. The molecule has 0 aliphatic rings. The lowest BCUT2D eigenvalue weighted by Crippen LogP contribution is -2.36. The van der Waals surface area contributed by atoms with Crippen LogP contribution in [0.3, 0.4) is 0 Å². The summed E-state index contributed by atoms with van der Waals surface area (Å²) in [5.74, 6) is 0.784. The fourth-order valence-corrected chi connectivity index (χ4v) is 1.63. The third-order valence-electron chi connectivity index (χ3n) is 2.74. The molecule has 2 atom stereocenters. The van der Waals surface area contributed by atoms with Crippen molar-refractivity contribution in [2.24, 2.45) is 5.92 Å². The average molecular weight is 245 g/mol. The van der Waals surface area contributed by atoms with E-state index in [-0.39, 0.29) is 6.10 Å². The maximum atomic E-state index is 9.67. The Kier molecular flexibility index (Phi) is 9.79. The van der Waals surface area contributed by atoms with Crippen molar-refractivity contribution in [3.05, 3.63) is 0 Å². The monoisotopic (exact) mass is 245 g/mol. The van der Waals surface area contributed by atoms with Gasteiger partial charge in [0, 0.05) is 12.6 Å². The fourth-order valence-electron chi connectivity index (χ4n) is 1.63. The molecule has 2 N–H and O–H groups in total. The van der Waals surface area contributed by atoms with E-state index in [2.05, 4.69) is 26.1 Å². The highest BCUT2D eigenvalue weighted by atomic mass is 16.5. The molecule has 3 nitrogen and oxygen atoms in total. The Morgan fingerprint density at radius 1 is 1.06 bits per heavy atom. The predicted octanol–water partition coefficient (Wildman–Crippen LogP) is 2.58. The standard InChI is InChI=1S/C14H31NO2/c1-11(2)7-6-8-13(5)15-9-14(16)10-17-12(3)4/h11-16H,6-10H2,1-5H3. The lowest BCUT2D eigenvalue weighted by atomic mass is 10.0. The quantitative estimate of drug-likeness (QED) is 0.621. The average Bonchev–Trinajstić information content (AvgIpc) is 2.23. The normalized spacial score (nSPS) is 15.5. The summed E-state index contributed by atoms with van der Waals surface area (Å²) in [6, 6.07) is 0.474. The molecule has 0 aromatic heterocycles. The Morgan fingerprint density at radius 2 is 1.71 bits per heavy atom. The van der Waals surface area contributed by atoms with Gasteiger partial charge in [-0.05, 0) is 33.1 Å². The van der Waals surface area contributed by atoms with Gasteiger partial charge in [0.15, 0.2) is 0 Å². The van der Waals surface area contributed by atoms with Gasteiger partial charge in [0.25, 0.3) is 0 Å². The Balaban J connectivity index is 3.45. The molecular formula is C14H31NO2. The smallest absolute Gasteiger partial charge is 0.0897 e. The predicted molar refractivity (Wildman–Crippen MR) is 73.2 cm³/mol. The van der Waals surface area contributed by atoms with Crippen molar-refractivity contribution in [2.45, 2.75) is 72.1 Å². The first kappa shape index (κ1) is 16.9. The Hall–Kier alpha value is -0.120. The Labute approximate surface area is 107 Å². The first-order chi connectivity index (χ1) is 7.91. The first-order valence-corrected chi connectivity index (χ1v) is 6.94. The van der Waals surface area contributed by atoms with Crippen LogP contribution >= 0.6 is 0 Å². The van der Waals surface area contributed by atoms with Gasteiger partial charge in [-0.3, -0.25) is 0 Å². The second-order valence-electron chi connectivity index (χ2n) is 5.67. The molecular weight excluding hydrogens is 214 g/mol. The number of ether oxygens (including phenoxy) is 1. The zero-order valence-corrected chi connectivity index (χ0v) is 12.2. The fraction of sp³-hybridized carbons (Fsp3) is 1.00. The number of aliphatic hydroxyl groups excluding tert-OH is 1. The number of hydrogen-bond acceptors (Lipinski definition) is 3. The van der Waals surface area contributed by atoms with E-state index >= 15 is 0 Å². The summed E-state index contributed by atoms with van der Waals surface area (Å²) < 4.78 is 5.36. The Bertz CT molecular complexity index is 172. The van der Waals surface area contributed by atoms with Gasteiger partial charge in [-0.15, -0.1) is 0 Å². The van der Waals surface area contributed by atoms with Crippen molar-refractivity contribution < 1.29 is 9.84 Å². The molecule has 0 saturated heterocycles. The van der Waals surface area contributed by atoms with Crippen LogP contribution in [-0.4, -0.2) is 36.5 Å². The van der Waals surface area contributed by atoms with E-state index in [0.717, 1.165) is 5.92 Å². The molecule has 0 aromatic rings. The zero-order chi connectivity index (χ0) is 13.3. The minimum absolute atomic E-state index is 0.188. The van der Waals surface area contributed by atoms with Crippen molar-refractivity contribution in [2.75, 3.05) is 13.2 Å². The van der Waals surface area contributed by atoms with Gasteiger partial charge in [-0.2, -0.15) is 0 Å². The highest BCUT2D eigenvalue weighted by molar-refractivity contribution is 4.65. The van der Waals surface area contributed by atoms with Crippen LogP contribution < -0.4 is 5.32 Å². The maximum Gasteiger partial charge on any atom is 0.0897 e. The van der Waals surface area contributed by atoms with Crippen LogP contribution in [0.1, 0.15) is 53.9 Å². The molecule has 0 heterocycles. The molecule has 104 valence electrons. The summed E-state index contributed by atoms with van der Waals surface area (Å²) in [5.41, 5.74) is 0. The first-order valence-electron chi connectivity index (χ1n) is 6.94. The van der Waals surface area contributed by atoms with Gasteiger partial charge >= 0.3 is 0 Å². The van der Waals surface area contributed by atoms with E-state index in [0.29, 0.717) is 19.2 Å². The summed E-state index contributed by atoms with van der Waals surface area (Å²) in [4.78, 5) is 0.